The third-order valence-electron chi connectivity index (χ3n) is 1.87. The van der Waals surface area contributed by atoms with Gasteiger partial charge in [0.25, 0.3) is 0 Å². The number of sulfone groups is 1. The Morgan fingerprint density at radius 2 is 1.73 bits per heavy atom. The van der Waals surface area contributed by atoms with E-state index in [0.29, 0.717) is 5.56 Å². The van der Waals surface area contributed by atoms with E-state index in [1.807, 2.05) is 0 Å². The zero-order valence-electron chi connectivity index (χ0n) is 7.89. The van der Waals surface area contributed by atoms with Crippen LogP contribution in [0.2, 0.25) is 0 Å². The minimum absolute atomic E-state index is 0.561. The summed E-state index contributed by atoms with van der Waals surface area (Å²) in [5.74, 6) is 0. The van der Waals surface area contributed by atoms with Crippen LogP contribution in [0.15, 0.2) is 28.7 Å². The van der Waals surface area contributed by atoms with Crippen molar-refractivity contribution in [1.82, 2.24) is 0 Å². The molecule has 0 aromatic heterocycles. The number of alkyl halides is 1. The Hall–Kier alpha value is 0.0900. The lowest BCUT2D eigenvalue weighted by molar-refractivity contribution is 0.195. The number of hydrogen-bond donors (Lipinski definition) is 1. The SMILES string of the molecule is CS(=O)(=O)[C@@H](Br)[C@@H](O)c1ccc(Br)cc1. The van der Waals surface area contributed by atoms with Gasteiger partial charge in [-0.1, -0.05) is 44.0 Å². The molecule has 0 bridgehead atoms. The molecule has 1 N–H and O–H groups in total. The van der Waals surface area contributed by atoms with Crippen molar-refractivity contribution in [2.75, 3.05) is 6.26 Å². The first-order chi connectivity index (χ1) is 6.82. The summed E-state index contributed by atoms with van der Waals surface area (Å²) >= 11 is 6.23. The maximum Gasteiger partial charge on any atom is 0.163 e. The van der Waals surface area contributed by atoms with Crippen LogP contribution in [-0.4, -0.2) is 23.9 Å². The van der Waals surface area contributed by atoms with Gasteiger partial charge >= 0.3 is 0 Å². The smallest absolute Gasteiger partial charge is 0.163 e. The van der Waals surface area contributed by atoms with Gasteiger partial charge in [0.1, 0.15) is 10.3 Å². The van der Waals surface area contributed by atoms with Gasteiger partial charge < -0.3 is 5.11 Å². The van der Waals surface area contributed by atoms with Crippen molar-refractivity contribution in [2.24, 2.45) is 0 Å². The molecule has 2 atom stereocenters. The Bertz CT molecular complexity index is 427. The summed E-state index contributed by atoms with van der Waals surface area (Å²) in [4.78, 5) is 0. The molecule has 6 heteroatoms. The predicted molar refractivity (Wildman–Crippen MR) is 66.7 cm³/mol. The minimum Gasteiger partial charge on any atom is -0.386 e. The molecule has 0 spiro atoms. The Morgan fingerprint density at radius 3 is 2.13 bits per heavy atom. The van der Waals surface area contributed by atoms with E-state index in [4.69, 9.17) is 0 Å². The second-order valence-electron chi connectivity index (χ2n) is 3.18. The Balaban J connectivity index is 2.95. The van der Waals surface area contributed by atoms with Crippen molar-refractivity contribution in [1.29, 1.82) is 0 Å². The maximum absolute atomic E-state index is 11.2. The highest BCUT2D eigenvalue weighted by atomic mass is 79.9. The lowest BCUT2D eigenvalue weighted by Gasteiger charge is -2.15. The van der Waals surface area contributed by atoms with Crippen molar-refractivity contribution in [3.05, 3.63) is 34.3 Å². The van der Waals surface area contributed by atoms with Gasteiger partial charge in [-0.05, 0) is 17.7 Å². The van der Waals surface area contributed by atoms with Crippen molar-refractivity contribution in [2.45, 2.75) is 10.3 Å². The minimum atomic E-state index is -3.31. The zero-order valence-corrected chi connectivity index (χ0v) is 11.9. The van der Waals surface area contributed by atoms with E-state index >= 15 is 0 Å². The van der Waals surface area contributed by atoms with Gasteiger partial charge in [-0.25, -0.2) is 8.42 Å². The monoisotopic (exact) mass is 356 g/mol. The van der Waals surface area contributed by atoms with Crippen LogP contribution in [0.5, 0.6) is 0 Å². The van der Waals surface area contributed by atoms with Crippen LogP contribution in [0.25, 0.3) is 0 Å². The standard InChI is InChI=1S/C9H10Br2O3S/c1-15(13,14)9(11)8(12)6-2-4-7(10)5-3-6/h2-5,8-9,12H,1H3/t8-,9+/m0/s1. The van der Waals surface area contributed by atoms with Gasteiger partial charge in [-0.2, -0.15) is 0 Å². The normalized spacial score (nSPS) is 16.0. The van der Waals surface area contributed by atoms with Crippen LogP contribution in [0.3, 0.4) is 0 Å². The number of aliphatic hydroxyl groups excluding tert-OH is 1. The molecule has 0 unspecified atom stereocenters. The molecule has 84 valence electrons. The van der Waals surface area contributed by atoms with Gasteiger partial charge in [0.2, 0.25) is 0 Å². The summed E-state index contributed by atoms with van der Waals surface area (Å²) in [6, 6.07) is 6.85. The Kier molecular flexibility index (Phi) is 4.34. The van der Waals surface area contributed by atoms with E-state index in [9.17, 15) is 13.5 Å². The topological polar surface area (TPSA) is 54.4 Å². The number of benzene rings is 1. The van der Waals surface area contributed by atoms with Crippen molar-refractivity contribution in [3.63, 3.8) is 0 Å². The largest absolute Gasteiger partial charge is 0.386 e. The van der Waals surface area contributed by atoms with E-state index in [0.717, 1.165) is 10.7 Å². The van der Waals surface area contributed by atoms with Gasteiger partial charge in [-0.3, -0.25) is 0 Å². The molecule has 1 aromatic carbocycles. The third-order valence-corrected chi connectivity index (χ3v) is 6.01. The molecule has 0 amide bonds. The molecule has 0 aliphatic rings. The van der Waals surface area contributed by atoms with Crippen LogP contribution in [0.4, 0.5) is 0 Å². The van der Waals surface area contributed by atoms with Crippen LogP contribution in [0, 0.1) is 0 Å². The molecule has 0 heterocycles. The summed E-state index contributed by atoms with van der Waals surface area (Å²) in [7, 11) is -3.31. The molecular weight excluding hydrogens is 348 g/mol. The van der Waals surface area contributed by atoms with E-state index < -0.39 is 20.1 Å². The number of hydrogen-bond acceptors (Lipinski definition) is 3. The van der Waals surface area contributed by atoms with Gasteiger partial charge in [-0.15, -0.1) is 0 Å². The lowest BCUT2D eigenvalue weighted by atomic mass is 10.1. The fourth-order valence-corrected chi connectivity index (χ4v) is 2.24. The molecule has 0 saturated heterocycles. The second kappa shape index (κ2) is 4.95. The summed E-state index contributed by atoms with van der Waals surface area (Å²) in [5, 5.41) is 9.77. The molecule has 0 radical (unpaired) electrons. The van der Waals surface area contributed by atoms with Crippen molar-refractivity contribution >= 4 is 41.7 Å². The first kappa shape index (κ1) is 13.2. The fourth-order valence-electron chi connectivity index (χ4n) is 1.05. The number of halogens is 2. The van der Waals surface area contributed by atoms with E-state index in [-0.39, 0.29) is 0 Å². The molecule has 1 rings (SSSR count). The van der Waals surface area contributed by atoms with E-state index in [1.54, 1.807) is 24.3 Å². The highest BCUT2D eigenvalue weighted by Gasteiger charge is 2.26. The van der Waals surface area contributed by atoms with E-state index in [2.05, 4.69) is 31.9 Å². The quantitative estimate of drug-likeness (QED) is 0.844. The predicted octanol–water partition coefficient (Wildman–Crippen LogP) is 2.25. The molecule has 3 nitrogen and oxygen atoms in total. The lowest BCUT2D eigenvalue weighted by Crippen LogP contribution is -2.21. The highest BCUT2D eigenvalue weighted by molar-refractivity contribution is 9.11. The van der Waals surface area contributed by atoms with Crippen molar-refractivity contribution in [3.8, 4) is 0 Å². The highest BCUT2D eigenvalue weighted by Crippen LogP contribution is 2.27. The van der Waals surface area contributed by atoms with Crippen LogP contribution < -0.4 is 0 Å². The van der Waals surface area contributed by atoms with Crippen LogP contribution >= 0.6 is 31.9 Å². The summed E-state index contributed by atoms with van der Waals surface area (Å²) in [6.07, 6.45) is 0.0159. The molecule has 0 fully saturated rings. The number of aliphatic hydroxyl groups is 1. The molecular formula is C9H10Br2O3S. The fraction of sp³-hybridized carbons (Fsp3) is 0.333. The van der Waals surface area contributed by atoms with Crippen molar-refractivity contribution < 1.29 is 13.5 Å². The summed E-state index contributed by atoms with van der Waals surface area (Å²) in [5.41, 5.74) is 0.561. The molecule has 0 aliphatic carbocycles. The van der Waals surface area contributed by atoms with E-state index in [1.165, 1.54) is 0 Å². The zero-order chi connectivity index (χ0) is 11.6. The van der Waals surface area contributed by atoms with Gasteiger partial charge in [0, 0.05) is 10.7 Å². The maximum atomic E-state index is 11.2. The summed E-state index contributed by atoms with van der Waals surface area (Å²) < 4.78 is 22.3. The summed E-state index contributed by atoms with van der Waals surface area (Å²) in [6.45, 7) is 0. The molecule has 0 saturated carbocycles. The Labute approximate surface area is 106 Å². The third kappa shape index (κ3) is 3.55. The average molecular weight is 358 g/mol. The Morgan fingerprint density at radius 1 is 1.27 bits per heavy atom. The number of rotatable bonds is 3. The first-order valence-corrected chi connectivity index (χ1v) is 7.75. The first-order valence-electron chi connectivity index (χ1n) is 4.09. The molecule has 0 aliphatic heterocycles. The average Bonchev–Trinajstić information content (AvgIpc) is 2.15. The van der Waals surface area contributed by atoms with Gasteiger partial charge in [0.15, 0.2) is 9.84 Å². The van der Waals surface area contributed by atoms with Gasteiger partial charge in [0.05, 0.1) is 0 Å². The second-order valence-corrected chi connectivity index (χ2v) is 7.85. The molecule has 15 heavy (non-hydrogen) atoms. The molecule has 1 aromatic rings. The van der Waals surface area contributed by atoms with Crippen LogP contribution in [0.1, 0.15) is 11.7 Å². The van der Waals surface area contributed by atoms with Crippen LogP contribution in [-0.2, 0) is 9.84 Å².